The van der Waals surface area contributed by atoms with Crippen LogP contribution in [0.1, 0.15) is 29.5 Å². The Labute approximate surface area is 214 Å². The van der Waals surface area contributed by atoms with E-state index in [-0.39, 0.29) is 30.8 Å². The molecule has 1 aliphatic rings. The van der Waals surface area contributed by atoms with Crippen molar-refractivity contribution in [2.24, 2.45) is 0 Å². The van der Waals surface area contributed by atoms with Gasteiger partial charge in [0.25, 0.3) is 0 Å². The van der Waals surface area contributed by atoms with E-state index in [4.69, 9.17) is 4.74 Å². The summed E-state index contributed by atoms with van der Waals surface area (Å²) >= 11 is 0. The number of aryl methyl sites for hydroxylation is 3. The molecule has 0 bridgehead atoms. The van der Waals surface area contributed by atoms with Gasteiger partial charge in [-0.05, 0) is 55.5 Å². The number of para-hydroxylation sites is 1. The average Bonchev–Trinajstić information content (AvgIpc) is 3.10. The van der Waals surface area contributed by atoms with E-state index in [1.807, 2.05) is 61.2 Å². The Hall–Kier alpha value is -3.39. The van der Waals surface area contributed by atoms with Gasteiger partial charge in [0, 0.05) is 45.3 Å². The molecule has 0 saturated carbocycles. The Morgan fingerprint density at radius 2 is 1.67 bits per heavy atom. The third kappa shape index (κ3) is 7.81. The van der Waals surface area contributed by atoms with E-state index in [9.17, 15) is 14.4 Å². The van der Waals surface area contributed by atoms with Gasteiger partial charge in [0.2, 0.25) is 17.7 Å². The topological polar surface area (TPSA) is 82.2 Å². The lowest BCUT2D eigenvalue weighted by atomic mass is 10.1. The SMILES string of the molecule is COc1ccc(CCC(=O)N2CCCN(CC(=O)N(C)CC(=O)Nc3c(C)cccc3C)CC2)cc1. The van der Waals surface area contributed by atoms with Gasteiger partial charge in [0.15, 0.2) is 0 Å². The molecule has 2 aromatic carbocycles. The van der Waals surface area contributed by atoms with E-state index in [1.165, 1.54) is 4.90 Å². The van der Waals surface area contributed by atoms with Crippen LogP contribution >= 0.6 is 0 Å². The van der Waals surface area contributed by atoms with Crippen molar-refractivity contribution < 1.29 is 19.1 Å². The minimum Gasteiger partial charge on any atom is -0.497 e. The predicted octanol–water partition coefficient (Wildman–Crippen LogP) is 2.88. The lowest BCUT2D eigenvalue weighted by molar-refractivity contribution is -0.134. The monoisotopic (exact) mass is 494 g/mol. The van der Waals surface area contributed by atoms with Crippen molar-refractivity contribution in [3.63, 3.8) is 0 Å². The van der Waals surface area contributed by atoms with Crippen LogP contribution in [0.4, 0.5) is 5.69 Å². The minimum absolute atomic E-state index is 0.00355. The fraction of sp³-hybridized carbons (Fsp3) is 0.464. The third-order valence-electron chi connectivity index (χ3n) is 6.64. The van der Waals surface area contributed by atoms with E-state index < -0.39 is 0 Å². The molecule has 1 aliphatic heterocycles. The van der Waals surface area contributed by atoms with Gasteiger partial charge in [0.1, 0.15) is 5.75 Å². The van der Waals surface area contributed by atoms with Crippen LogP contribution in [0.15, 0.2) is 42.5 Å². The molecular formula is C28H38N4O4. The van der Waals surface area contributed by atoms with Crippen LogP contribution in [0.25, 0.3) is 0 Å². The lowest BCUT2D eigenvalue weighted by Crippen LogP contribution is -2.43. The van der Waals surface area contributed by atoms with Crippen LogP contribution in [-0.2, 0) is 20.8 Å². The molecule has 36 heavy (non-hydrogen) atoms. The van der Waals surface area contributed by atoms with E-state index in [0.29, 0.717) is 32.5 Å². The molecule has 8 heteroatoms. The second kappa shape index (κ2) is 13.1. The summed E-state index contributed by atoms with van der Waals surface area (Å²) in [6.45, 7) is 6.82. The number of carbonyl (C=O) groups excluding carboxylic acids is 3. The molecule has 1 fully saturated rings. The quantitative estimate of drug-likeness (QED) is 0.580. The van der Waals surface area contributed by atoms with Crippen LogP contribution in [-0.4, -0.2) is 85.8 Å². The van der Waals surface area contributed by atoms with Gasteiger partial charge < -0.3 is 19.9 Å². The van der Waals surface area contributed by atoms with Gasteiger partial charge >= 0.3 is 0 Å². The molecule has 1 heterocycles. The summed E-state index contributed by atoms with van der Waals surface area (Å²) in [5.41, 5.74) is 3.89. The third-order valence-corrected chi connectivity index (χ3v) is 6.64. The molecule has 1 saturated heterocycles. The van der Waals surface area contributed by atoms with Crippen molar-refractivity contribution >= 4 is 23.4 Å². The molecule has 0 spiro atoms. The fourth-order valence-electron chi connectivity index (χ4n) is 4.39. The van der Waals surface area contributed by atoms with Gasteiger partial charge in [-0.3, -0.25) is 19.3 Å². The normalized spacial score (nSPS) is 14.2. The molecule has 2 aromatic rings. The van der Waals surface area contributed by atoms with Crippen LogP contribution in [0.5, 0.6) is 5.75 Å². The summed E-state index contributed by atoms with van der Waals surface area (Å²) in [4.78, 5) is 43.5. The molecule has 3 rings (SSSR count). The number of hydrogen-bond acceptors (Lipinski definition) is 5. The van der Waals surface area contributed by atoms with Crippen molar-refractivity contribution in [1.82, 2.24) is 14.7 Å². The second-order valence-electron chi connectivity index (χ2n) is 9.42. The number of anilines is 1. The number of rotatable bonds is 9. The fourth-order valence-corrected chi connectivity index (χ4v) is 4.39. The maximum atomic E-state index is 12.8. The Morgan fingerprint density at radius 1 is 0.972 bits per heavy atom. The molecule has 0 aliphatic carbocycles. The highest BCUT2D eigenvalue weighted by Crippen LogP contribution is 2.19. The van der Waals surface area contributed by atoms with E-state index in [1.54, 1.807) is 14.2 Å². The van der Waals surface area contributed by atoms with Crippen LogP contribution in [0.3, 0.4) is 0 Å². The number of hydrogen-bond donors (Lipinski definition) is 1. The summed E-state index contributed by atoms with van der Waals surface area (Å²) < 4.78 is 5.18. The first kappa shape index (κ1) is 27.2. The minimum atomic E-state index is -0.215. The molecular weight excluding hydrogens is 456 g/mol. The number of benzene rings is 2. The molecule has 0 radical (unpaired) electrons. The highest BCUT2D eigenvalue weighted by Gasteiger charge is 2.22. The molecule has 1 N–H and O–H groups in total. The Bertz CT molecular complexity index is 1030. The largest absolute Gasteiger partial charge is 0.497 e. The molecule has 3 amide bonds. The highest BCUT2D eigenvalue weighted by molar-refractivity contribution is 5.95. The maximum Gasteiger partial charge on any atom is 0.243 e. The lowest BCUT2D eigenvalue weighted by Gasteiger charge is -2.24. The van der Waals surface area contributed by atoms with Crippen LogP contribution in [0.2, 0.25) is 0 Å². The Morgan fingerprint density at radius 3 is 2.33 bits per heavy atom. The van der Waals surface area contributed by atoms with Crippen molar-refractivity contribution in [1.29, 1.82) is 0 Å². The number of amides is 3. The van der Waals surface area contributed by atoms with E-state index in [2.05, 4.69) is 10.2 Å². The van der Waals surface area contributed by atoms with Crippen LogP contribution in [0, 0.1) is 13.8 Å². The van der Waals surface area contributed by atoms with Crippen LogP contribution < -0.4 is 10.1 Å². The van der Waals surface area contributed by atoms with Gasteiger partial charge in [-0.25, -0.2) is 0 Å². The first-order valence-electron chi connectivity index (χ1n) is 12.5. The number of methoxy groups -OCH3 is 1. The zero-order valence-corrected chi connectivity index (χ0v) is 21.9. The number of likely N-dealkylation sites (N-methyl/N-ethyl adjacent to an activating group) is 1. The maximum absolute atomic E-state index is 12.8. The van der Waals surface area contributed by atoms with E-state index in [0.717, 1.165) is 41.1 Å². The smallest absolute Gasteiger partial charge is 0.243 e. The average molecular weight is 495 g/mol. The highest BCUT2D eigenvalue weighted by atomic mass is 16.5. The summed E-state index contributed by atoms with van der Waals surface area (Å²) in [6.07, 6.45) is 1.97. The molecule has 8 nitrogen and oxygen atoms in total. The molecule has 0 atom stereocenters. The summed E-state index contributed by atoms with van der Waals surface area (Å²) in [5.74, 6) is 0.623. The summed E-state index contributed by atoms with van der Waals surface area (Å²) in [5, 5.41) is 2.93. The van der Waals surface area contributed by atoms with Gasteiger partial charge in [-0.2, -0.15) is 0 Å². The van der Waals surface area contributed by atoms with E-state index >= 15 is 0 Å². The number of ether oxygens (including phenoxy) is 1. The molecule has 194 valence electrons. The molecule has 0 unspecified atom stereocenters. The summed E-state index contributed by atoms with van der Waals surface area (Å²) in [7, 11) is 3.29. The van der Waals surface area contributed by atoms with Crippen molar-refractivity contribution in [3.05, 3.63) is 59.2 Å². The van der Waals surface area contributed by atoms with Crippen molar-refractivity contribution in [2.75, 3.05) is 58.7 Å². The first-order chi connectivity index (χ1) is 17.3. The zero-order chi connectivity index (χ0) is 26.1. The first-order valence-corrected chi connectivity index (χ1v) is 12.5. The Balaban J connectivity index is 1.42. The predicted molar refractivity (Wildman–Crippen MR) is 141 cm³/mol. The number of nitrogens with one attached hydrogen (secondary N) is 1. The van der Waals surface area contributed by atoms with Crippen molar-refractivity contribution in [3.8, 4) is 5.75 Å². The standard InChI is InChI=1S/C28H38N4O4/c1-21-7-5-8-22(2)28(21)29-25(33)19-30(3)27(35)20-31-15-6-16-32(18-17-31)26(34)14-11-23-9-12-24(36-4)13-10-23/h5,7-10,12-13H,6,11,14-20H2,1-4H3,(H,29,33). The van der Waals surface area contributed by atoms with Gasteiger partial charge in [-0.1, -0.05) is 30.3 Å². The zero-order valence-electron chi connectivity index (χ0n) is 21.9. The molecule has 0 aromatic heterocycles. The summed E-state index contributed by atoms with van der Waals surface area (Å²) in [6, 6.07) is 13.6. The van der Waals surface area contributed by atoms with Crippen molar-refractivity contribution in [2.45, 2.75) is 33.1 Å². The van der Waals surface area contributed by atoms with Gasteiger partial charge in [-0.15, -0.1) is 0 Å². The Kier molecular flexibility index (Phi) is 9.87. The second-order valence-corrected chi connectivity index (χ2v) is 9.42. The van der Waals surface area contributed by atoms with Gasteiger partial charge in [0.05, 0.1) is 20.2 Å². The number of nitrogens with zero attached hydrogens (tertiary/aromatic N) is 3. The number of carbonyl (C=O) groups is 3.